The molecule has 5 aromatic rings. The Morgan fingerprint density at radius 1 is 0.897 bits per heavy atom. The number of aliphatic imine (C=N–C) groups is 1. The third-order valence-electron chi connectivity index (χ3n) is 6.89. The molecular formula is C33H33FN2O2Si. The Hall–Kier alpha value is -4.03. The number of fused-ring (bicyclic) bond motifs is 1. The minimum atomic E-state index is -1.42. The van der Waals surface area contributed by atoms with Gasteiger partial charge in [-0.2, -0.15) is 0 Å². The highest BCUT2D eigenvalue weighted by Gasteiger charge is 2.22. The highest BCUT2D eigenvalue weighted by atomic mass is 28.3. The van der Waals surface area contributed by atoms with Gasteiger partial charge in [-0.1, -0.05) is 82.0 Å². The number of phenols is 1. The van der Waals surface area contributed by atoms with E-state index in [1.54, 1.807) is 0 Å². The lowest BCUT2D eigenvalue weighted by Gasteiger charge is -2.20. The Morgan fingerprint density at radius 3 is 2.31 bits per heavy atom. The molecular weight excluding hydrogens is 503 g/mol. The molecule has 1 heterocycles. The van der Waals surface area contributed by atoms with Gasteiger partial charge in [0.2, 0.25) is 5.89 Å². The summed E-state index contributed by atoms with van der Waals surface area (Å²) in [6, 6.07) is 24.4. The maximum absolute atomic E-state index is 13.7. The number of nitrogens with zero attached hydrogens (tertiary/aromatic N) is 2. The second kappa shape index (κ2) is 9.93. The van der Waals surface area contributed by atoms with Crippen LogP contribution in [0.25, 0.3) is 33.7 Å². The van der Waals surface area contributed by atoms with E-state index < -0.39 is 13.9 Å². The topological polar surface area (TPSA) is 58.6 Å². The summed E-state index contributed by atoms with van der Waals surface area (Å²) in [4.78, 5) is 9.51. The number of hydrogen-bond acceptors (Lipinski definition) is 4. The van der Waals surface area contributed by atoms with Gasteiger partial charge in [-0.25, -0.2) is 9.37 Å². The second-order valence-corrected chi connectivity index (χ2v) is 17.0. The van der Waals surface area contributed by atoms with Crippen molar-refractivity contribution in [3.05, 3.63) is 95.8 Å². The van der Waals surface area contributed by atoms with Crippen molar-refractivity contribution in [3.8, 4) is 28.3 Å². The molecule has 0 aliphatic rings. The molecule has 5 rings (SSSR count). The fraction of sp³-hybridized carbons (Fsp3) is 0.212. The fourth-order valence-corrected chi connectivity index (χ4v) is 5.65. The molecule has 0 fully saturated rings. The molecule has 0 unspecified atom stereocenters. The van der Waals surface area contributed by atoms with Gasteiger partial charge < -0.3 is 9.52 Å². The first kappa shape index (κ1) is 26.6. The van der Waals surface area contributed by atoms with E-state index in [0.717, 1.165) is 22.2 Å². The highest BCUT2D eigenvalue weighted by Crippen LogP contribution is 2.38. The van der Waals surface area contributed by atoms with E-state index >= 15 is 0 Å². The Morgan fingerprint density at radius 2 is 1.62 bits per heavy atom. The average Bonchev–Trinajstić information content (AvgIpc) is 3.32. The summed E-state index contributed by atoms with van der Waals surface area (Å²) in [5.74, 6) is -0.0345. The molecule has 0 amide bonds. The van der Waals surface area contributed by atoms with Crippen LogP contribution >= 0.6 is 0 Å². The third-order valence-corrected chi connectivity index (χ3v) is 8.96. The van der Waals surface area contributed by atoms with E-state index in [1.165, 1.54) is 29.6 Å². The van der Waals surface area contributed by atoms with Gasteiger partial charge >= 0.3 is 0 Å². The maximum Gasteiger partial charge on any atom is 0.229 e. The molecule has 0 saturated heterocycles. The van der Waals surface area contributed by atoms with Gasteiger partial charge in [0, 0.05) is 17.3 Å². The molecule has 198 valence electrons. The molecule has 0 saturated carbocycles. The summed E-state index contributed by atoms with van der Waals surface area (Å²) < 4.78 is 20.1. The third kappa shape index (κ3) is 5.57. The van der Waals surface area contributed by atoms with Crippen molar-refractivity contribution in [2.24, 2.45) is 4.99 Å². The van der Waals surface area contributed by atoms with Crippen molar-refractivity contribution in [2.75, 3.05) is 0 Å². The van der Waals surface area contributed by atoms with E-state index in [-0.39, 0.29) is 11.2 Å². The first-order valence-corrected chi connectivity index (χ1v) is 16.6. The first-order chi connectivity index (χ1) is 18.4. The van der Waals surface area contributed by atoms with Crippen LogP contribution in [0.1, 0.15) is 31.9 Å². The van der Waals surface area contributed by atoms with Crippen LogP contribution in [0.15, 0.2) is 88.3 Å². The van der Waals surface area contributed by atoms with Gasteiger partial charge in [0.1, 0.15) is 17.1 Å². The number of rotatable bonds is 5. The van der Waals surface area contributed by atoms with E-state index in [4.69, 9.17) is 9.40 Å². The van der Waals surface area contributed by atoms with Gasteiger partial charge in [0.25, 0.3) is 0 Å². The van der Waals surface area contributed by atoms with Crippen molar-refractivity contribution >= 4 is 36.3 Å². The fourth-order valence-electron chi connectivity index (χ4n) is 4.48. The minimum Gasteiger partial charge on any atom is -0.507 e. The Balaban J connectivity index is 1.64. The number of benzene rings is 4. The number of hydrogen-bond donors (Lipinski definition) is 1. The largest absolute Gasteiger partial charge is 0.507 e. The van der Waals surface area contributed by atoms with Gasteiger partial charge in [-0.3, -0.25) is 4.99 Å². The molecule has 4 nitrogen and oxygen atoms in total. The molecule has 0 radical (unpaired) electrons. The monoisotopic (exact) mass is 536 g/mol. The maximum atomic E-state index is 13.7. The Labute approximate surface area is 229 Å². The van der Waals surface area contributed by atoms with Crippen LogP contribution in [0.2, 0.25) is 19.6 Å². The van der Waals surface area contributed by atoms with Crippen LogP contribution in [-0.2, 0) is 5.41 Å². The molecule has 0 spiro atoms. The van der Waals surface area contributed by atoms with E-state index in [1.807, 2.05) is 24.3 Å². The van der Waals surface area contributed by atoms with Crippen molar-refractivity contribution in [1.82, 2.24) is 4.98 Å². The zero-order valence-electron chi connectivity index (χ0n) is 23.2. The van der Waals surface area contributed by atoms with Crippen molar-refractivity contribution in [3.63, 3.8) is 0 Å². The van der Waals surface area contributed by atoms with Crippen molar-refractivity contribution in [1.29, 1.82) is 0 Å². The Bertz CT molecular complexity index is 1690. The normalized spacial score (nSPS) is 12.5. The molecule has 1 aromatic heterocycles. The number of aromatic nitrogens is 1. The smallest absolute Gasteiger partial charge is 0.229 e. The van der Waals surface area contributed by atoms with Gasteiger partial charge in [-0.05, 0) is 59.0 Å². The molecule has 39 heavy (non-hydrogen) atoms. The second-order valence-electron chi connectivity index (χ2n) is 11.9. The number of aromatic hydroxyl groups is 1. The first-order valence-electron chi connectivity index (χ1n) is 13.1. The zero-order chi connectivity index (χ0) is 27.9. The molecule has 0 aliphatic carbocycles. The standard InChI is InChI=1S/C33H33FN2O2Si/c1-33(2,3)23-18-27(21-11-14-25(15-12-21)39(4,5)6)31-30(19-23)38-32(36-31)26-9-7-8-10-28(26)35-20-22-17-24(34)13-16-29(22)37/h7-20,37H,1-6H3. The zero-order valence-corrected chi connectivity index (χ0v) is 24.2. The lowest BCUT2D eigenvalue weighted by molar-refractivity contribution is 0.472. The molecule has 1 N–H and O–H groups in total. The number of para-hydroxylation sites is 1. The van der Waals surface area contributed by atoms with Crippen LogP contribution < -0.4 is 5.19 Å². The van der Waals surface area contributed by atoms with Gasteiger partial charge in [0.05, 0.1) is 19.3 Å². The highest BCUT2D eigenvalue weighted by molar-refractivity contribution is 6.88. The lowest BCUT2D eigenvalue weighted by Crippen LogP contribution is -2.37. The summed E-state index contributed by atoms with van der Waals surface area (Å²) in [6.45, 7) is 13.6. The van der Waals surface area contributed by atoms with E-state index in [0.29, 0.717) is 28.3 Å². The Kier molecular flexibility index (Phi) is 6.77. The van der Waals surface area contributed by atoms with Gasteiger partial charge in [-0.15, -0.1) is 0 Å². The molecule has 6 heteroatoms. The minimum absolute atomic E-state index is 0.0426. The van der Waals surface area contributed by atoms with Crippen LogP contribution in [0.5, 0.6) is 5.75 Å². The quantitative estimate of drug-likeness (QED) is 0.181. The molecule has 0 aliphatic heterocycles. The SMILES string of the molecule is CC(C)(C)c1cc(-c2ccc([Si](C)(C)C)cc2)c2nc(-c3ccccc3N=Cc3cc(F)ccc3O)oc2c1. The van der Waals surface area contributed by atoms with Crippen LogP contribution in [0.3, 0.4) is 0 Å². The molecule has 0 atom stereocenters. The van der Waals surface area contributed by atoms with Crippen LogP contribution in [0.4, 0.5) is 10.1 Å². The summed E-state index contributed by atoms with van der Waals surface area (Å²) in [5, 5.41) is 11.5. The summed E-state index contributed by atoms with van der Waals surface area (Å²) in [6.07, 6.45) is 1.45. The average molecular weight is 537 g/mol. The molecule has 0 bridgehead atoms. The number of halogens is 1. The number of oxazole rings is 1. The van der Waals surface area contributed by atoms with E-state index in [2.05, 4.69) is 81.8 Å². The predicted octanol–water partition coefficient (Wildman–Crippen LogP) is 8.60. The van der Waals surface area contributed by atoms with Gasteiger partial charge in [0.15, 0.2) is 5.58 Å². The van der Waals surface area contributed by atoms with E-state index in [9.17, 15) is 9.50 Å². The summed E-state index contributed by atoms with van der Waals surface area (Å²) >= 11 is 0. The van der Waals surface area contributed by atoms with Crippen molar-refractivity contribution < 1.29 is 13.9 Å². The predicted molar refractivity (Wildman–Crippen MR) is 162 cm³/mol. The summed E-state index contributed by atoms with van der Waals surface area (Å²) in [5.41, 5.74) is 6.31. The number of phenolic OH excluding ortho intramolecular Hbond substituents is 1. The van der Waals surface area contributed by atoms with Crippen LogP contribution in [0, 0.1) is 5.82 Å². The lowest BCUT2D eigenvalue weighted by atomic mass is 9.85. The van der Waals surface area contributed by atoms with Crippen molar-refractivity contribution in [2.45, 2.75) is 45.8 Å². The summed E-state index contributed by atoms with van der Waals surface area (Å²) in [7, 11) is -1.42. The molecule has 4 aromatic carbocycles. The van der Waals surface area contributed by atoms with Crippen LogP contribution in [-0.4, -0.2) is 24.4 Å².